The lowest BCUT2D eigenvalue weighted by molar-refractivity contribution is 0.748. The van der Waals surface area contributed by atoms with Crippen LogP contribution in [-0.2, 0) is 0 Å². The predicted molar refractivity (Wildman–Crippen MR) is 82.3 cm³/mol. The predicted octanol–water partition coefficient (Wildman–Crippen LogP) is 5.44. The van der Waals surface area contributed by atoms with Crippen LogP contribution in [0.1, 0.15) is 53.4 Å². The topological polar surface area (TPSA) is 0 Å². The van der Waals surface area contributed by atoms with Gasteiger partial charge in [0.15, 0.2) is 0 Å². The van der Waals surface area contributed by atoms with Gasteiger partial charge in [-0.15, -0.1) is 5.73 Å². The smallest absolute Gasteiger partial charge is 0.0272 e. The summed E-state index contributed by atoms with van der Waals surface area (Å²) in [5.74, 6) is 6.91. The number of rotatable bonds is 6. The average molecular weight is 242 g/mol. The fourth-order valence-corrected chi connectivity index (χ4v) is 1.55. The molecule has 0 aromatic heterocycles. The Morgan fingerprint density at radius 2 is 2.00 bits per heavy atom. The molecule has 18 heavy (non-hydrogen) atoms. The summed E-state index contributed by atoms with van der Waals surface area (Å²) >= 11 is 0. The van der Waals surface area contributed by atoms with Crippen molar-refractivity contribution in [3.63, 3.8) is 0 Å². The van der Waals surface area contributed by atoms with Crippen LogP contribution in [0, 0.1) is 17.8 Å². The summed E-state index contributed by atoms with van der Waals surface area (Å²) in [5.41, 5.74) is 5.49. The van der Waals surface area contributed by atoms with Gasteiger partial charge < -0.3 is 0 Å². The summed E-state index contributed by atoms with van der Waals surface area (Å²) in [5, 5.41) is 0. The molecule has 0 aliphatic heterocycles. The van der Waals surface area contributed by atoms with E-state index in [0.29, 0.717) is 5.92 Å². The van der Waals surface area contributed by atoms with Gasteiger partial charge in [0.2, 0.25) is 0 Å². The highest BCUT2D eigenvalue weighted by atomic mass is 14.0. The molecular formula is C18H26. The summed E-state index contributed by atoms with van der Waals surface area (Å²) in [6.07, 6.45) is 10.6. The third-order valence-electron chi connectivity index (χ3n) is 2.49. The van der Waals surface area contributed by atoms with E-state index >= 15 is 0 Å². The fourth-order valence-electron chi connectivity index (χ4n) is 1.55. The molecule has 0 radical (unpaired) electrons. The van der Waals surface area contributed by atoms with Gasteiger partial charge in [0.05, 0.1) is 0 Å². The Bertz CT molecular complexity index is 385. The molecule has 0 spiro atoms. The van der Waals surface area contributed by atoms with Gasteiger partial charge in [-0.1, -0.05) is 56.4 Å². The normalized spacial score (nSPS) is 11.9. The van der Waals surface area contributed by atoms with Crippen LogP contribution >= 0.6 is 0 Å². The van der Waals surface area contributed by atoms with Crippen LogP contribution < -0.4 is 0 Å². The molecule has 1 atom stereocenters. The van der Waals surface area contributed by atoms with Gasteiger partial charge >= 0.3 is 0 Å². The second kappa shape index (κ2) is 10.7. The van der Waals surface area contributed by atoms with E-state index < -0.39 is 0 Å². The molecule has 0 saturated heterocycles. The zero-order valence-corrected chi connectivity index (χ0v) is 12.3. The molecule has 1 unspecified atom stereocenters. The van der Waals surface area contributed by atoms with Crippen molar-refractivity contribution in [2.75, 3.05) is 0 Å². The zero-order chi connectivity index (χ0) is 13.8. The van der Waals surface area contributed by atoms with Crippen molar-refractivity contribution in [2.24, 2.45) is 5.92 Å². The second-order valence-corrected chi connectivity index (χ2v) is 4.83. The maximum atomic E-state index is 3.65. The lowest BCUT2D eigenvalue weighted by atomic mass is 10.00. The van der Waals surface area contributed by atoms with Crippen LogP contribution in [0.5, 0.6) is 0 Å². The van der Waals surface area contributed by atoms with Crippen LogP contribution in [0.2, 0.25) is 0 Å². The molecule has 0 amide bonds. The van der Waals surface area contributed by atoms with E-state index in [1.165, 1.54) is 17.6 Å². The highest BCUT2D eigenvalue weighted by Crippen LogP contribution is 2.13. The first-order valence-electron chi connectivity index (χ1n) is 6.76. The lowest BCUT2D eigenvalue weighted by Crippen LogP contribution is -1.92. The van der Waals surface area contributed by atoms with E-state index in [4.69, 9.17) is 0 Å². The molecule has 0 rings (SSSR count). The van der Waals surface area contributed by atoms with Crippen molar-refractivity contribution in [2.45, 2.75) is 53.4 Å². The first-order chi connectivity index (χ1) is 8.60. The maximum Gasteiger partial charge on any atom is 0.0272 e. The molecule has 0 aromatic carbocycles. The van der Waals surface area contributed by atoms with E-state index in [-0.39, 0.29) is 0 Å². The Balaban J connectivity index is 4.37. The molecular weight excluding hydrogens is 216 g/mol. The van der Waals surface area contributed by atoms with Crippen molar-refractivity contribution in [3.8, 4) is 11.8 Å². The fraction of sp³-hybridized carbons (Fsp3) is 0.500. The number of allylic oxidation sites excluding steroid dienone is 5. The molecule has 0 fully saturated rings. The third kappa shape index (κ3) is 9.76. The molecule has 0 N–H and O–H groups in total. The van der Waals surface area contributed by atoms with Gasteiger partial charge in [0.25, 0.3) is 0 Å². The standard InChI is InChI=1S/C18H26/c1-6-8-14-18(11-7-2)15-17(5)13-10-9-12-16(3)4/h11-12,14,17H,2,6,8-9,15H2,1,3-5H3/b18-14+. The van der Waals surface area contributed by atoms with Gasteiger partial charge in [-0.25, -0.2) is 0 Å². The van der Waals surface area contributed by atoms with Gasteiger partial charge in [-0.3, -0.25) is 0 Å². The molecule has 0 heterocycles. The molecule has 0 nitrogen and oxygen atoms in total. The molecule has 0 heteroatoms. The van der Waals surface area contributed by atoms with Crippen molar-refractivity contribution in [3.05, 3.63) is 41.7 Å². The Labute approximate surface area is 113 Å². The van der Waals surface area contributed by atoms with Crippen LogP contribution in [0.4, 0.5) is 0 Å². The Morgan fingerprint density at radius 1 is 1.28 bits per heavy atom. The Morgan fingerprint density at radius 3 is 2.56 bits per heavy atom. The number of hydrogen-bond acceptors (Lipinski definition) is 0. The van der Waals surface area contributed by atoms with E-state index in [9.17, 15) is 0 Å². The summed E-state index contributed by atoms with van der Waals surface area (Å²) in [6, 6.07) is 0. The maximum absolute atomic E-state index is 3.65. The van der Waals surface area contributed by atoms with Crippen LogP contribution in [0.25, 0.3) is 0 Å². The van der Waals surface area contributed by atoms with Crippen molar-refractivity contribution in [1.29, 1.82) is 0 Å². The van der Waals surface area contributed by atoms with Gasteiger partial charge in [0, 0.05) is 12.3 Å². The van der Waals surface area contributed by atoms with Crippen LogP contribution in [0.3, 0.4) is 0 Å². The summed E-state index contributed by atoms with van der Waals surface area (Å²) in [4.78, 5) is 0. The molecule has 0 aromatic rings. The monoisotopic (exact) mass is 242 g/mol. The zero-order valence-electron chi connectivity index (χ0n) is 12.3. The molecule has 0 bridgehead atoms. The second-order valence-electron chi connectivity index (χ2n) is 4.83. The lowest BCUT2D eigenvalue weighted by Gasteiger charge is -2.04. The average Bonchev–Trinajstić information content (AvgIpc) is 2.31. The summed E-state index contributed by atoms with van der Waals surface area (Å²) in [6.45, 7) is 12.2. The minimum Gasteiger partial charge on any atom is -0.128 e. The number of unbranched alkanes of at least 4 members (excludes halogenated alkanes) is 1. The minimum atomic E-state index is 0.392. The number of hydrogen-bond donors (Lipinski definition) is 0. The first kappa shape index (κ1) is 16.6. The molecule has 0 aliphatic carbocycles. The highest BCUT2D eigenvalue weighted by molar-refractivity contribution is 5.21. The van der Waals surface area contributed by atoms with Gasteiger partial charge in [-0.05, 0) is 38.3 Å². The van der Waals surface area contributed by atoms with Crippen LogP contribution in [-0.4, -0.2) is 0 Å². The van der Waals surface area contributed by atoms with Crippen LogP contribution in [0.15, 0.2) is 41.7 Å². The largest absolute Gasteiger partial charge is 0.128 e. The minimum absolute atomic E-state index is 0.392. The molecule has 98 valence electrons. The van der Waals surface area contributed by atoms with E-state index in [2.05, 4.69) is 64.0 Å². The molecule has 0 saturated carbocycles. The highest BCUT2D eigenvalue weighted by Gasteiger charge is 1.99. The van der Waals surface area contributed by atoms with Crippen molar-refractivity contribution >= 4 is 0 Å². The van der Waals surface area contributed by atoms with E-state index in [1.807, 2.05) is 6.08 Å². The first-order valence-corrected chi connectivity index (χ1v) is 6.76. The van der Waals surface area contributed by atoms with Crippen molar-refractivity contribution < 1.29 is 0 Å². The molecule has 0 aliphatic rings. The quantitative estimate of drug-likeness (QED) is 0.252. The SMILES string of the molecule is C=C=C/C(=C\CCC)CC(C)C#CCC=C(C)C. The van der Waals surface area contributed by atoms with Gasteiger partial charge in [0.1, 0.15) is 0 Å². The third-order valence-corrected chi connectivity index (χ3v) is 2.49. The van der Waals surface area contributed by atoms with Gasteiger partial charge in [-0.2, -0.15) is 0 Å². The summed E-state index contributed by atoms with van der Waals surface area (Å²) in [7, 11) is 0. The van der Waals surface area contributed by atoms with E-state index in [0.717, 1.165) is 19.3 Å². The van der Waals surface area contributed by atoms with E-state index in [1.54, 1.807) is 0 Å². The van der Waals surface area contributed by atoms with Crippen molar-refractivity contribution in [1.82, 2.24) is 0 Å². The summed E-state index contributed by atoms with van der Waals surface area (Å²) < 4.78 is 0. The Hall–Kier alpha value is -1.44. The Kier molecular flexibility index (Phi) is 9.84.